The molecule has 2 aliphatic rings. The van der Waals surface area contributed by atoms with E-state index in [2.05, 4.69) is 12.1 Å². The molecule has 0 radical (unpaired) electrons. The highest BCUT2D eigenvalue weighted by atomic mass is 32.2. The molecule has 2 fully saturated rings. The quantitative estimate of drug-likeness (QED) is 0.421. The summed E-state index contributed by atoms with van der Waals surface area (Å²) in [6.45, 7) is 4.74. The summed E-state index contributed by atoms with van der Waals surface area (Å²) in [5, 5.41) is 2.48. The van der Waals surface area contributed by atoms with Gasteiger partial charge in [-0.05, 0) is 6.42 Å². The van der Waals surface area contributed by atoms with Gasteiger partial charge in [-0.15, -0.1) is 0 Å². The molecule has 0 bridgehead atoms. The second kappa shape index (κ2) is 3.09. The van der Waals surface area contributed by atoms with Gasteiger partial charge in [-0.25, -0.2) is 4.59 Å². The van der Waals surface area contributed by atoms with E-state index in [0.29, 0.717) is 0 Å². The Morgan fingerprint density at radius 2 is 2.00 bits per heavy atom. The predicted molar refractivity (Wildman–Crippen MR) is 50.0 cm³/mol. The third-order valence-electron chi connectivity index (χ3n) is 2.92. The molecule has 3 nitrogen and oxygen atoms in total. The Morgan fingerprint density at radius 3 is 2.67 bits per heavy atom. The number of nitrogens with zero attached hydrogens (tertiary/aromatic N) is 2. The van der Waals surface area contributed by atoms with Gasteiger partial charge in [-0.2, -0.15) is 5.01 Å². The molecule has 0 saturated carbocycles. The minimum Gasteiger partial charge on any atom is -0.260 e. The van der Waals surface area contributed by atoms with Crippen LogP contribution in [0.25, 0.3) is 0 Å². The van der Waals surface area contributed by atoms with Gasteiger partial charge in [0.1, 0.15) is 13.1 Å². The molecule has 70 valence electrons. The van der Waals surface area contributed by atoms with Gasteiger partial charge in [-0.3, -0.25) is 4.21 Å². The molecular weight excluding hydrogens is 172 g/mol. The summed E-state index contributed by atoms with van der Waals surface area (Å²) in [5.74, 6) is 1.80. The van der Waals surface area contributed by atoms with Crippen LogP contribution in [0.2, 0.25) is 0 Å². The Balaban J connectivity index is 1.94. The van der Waals surface area contributed by atoms with Crippen LogP contribution in [0.3, 0.4) is 0 Å². The van der Waals surface area contributed by atoms with Crippen LogP contribution in [-0.4, -0.2) is 58.5 Å². The highest BCUT2D eigenvalue weighted by Gasteiger charge is 2.44. The molecule has 0 spiro atoms. The fourth-order valence-electron chi connectivity index (χ4n) is 1.74. The van der Waals surface area contributed by atoms with E-state index in [-0.39, 0.29) is 0 Å². The number of likely N-dealkylation sites (N-methyl/N-ethyl adjacent to an activating group) is 1. The minimum atomic E-state index is -0.537. The lowest BCUT2D eigenvalue weighted by Gasteiger charge is -2.26. The fourth-order valence-corrected chi connectivity index (χ4v) is 2.81. The summed E-state index contributed by atoms with van der Waals surface area (Å²) in [6, 6.07) is 0. The van der Waals surface area contributed by atoms with Gasteiger partial charge in [0, 0.05) is 28.9 Å². The van der Waals surface area contributed by atoms with Gasteiger partial charge in [0.05, 0.1) is 13.6 Å². The molecule has 2 heterocycles. The van der Waals surface area contributed by atoms with Gasteiger partial charge in [0.2, 0.25) is 0 Å². The average molecular weight is 189 g/mol. The summed E-state index contributed by atoms with van der Waals surface area (Å²) >= 11 is 0. The van der Waals surface area contributed by atoms with Gasteiger partial charge in [0.25, 0.3) is 0 Å². The standard InChI is InChI=1S/C8H17N2OS/c1-10(5-6-10)9-3-2-7-12(11)8-4-9/h2-8H2,1H3/q+1. The Kier molecular flexibility index (Phi) is 2.23. The number of quaternary nitrogens is 1. The van der Waals surface area contributed by atoms with Crippen molar-refractivity contribution >= 4 is 10.8 Å². The Morgan fingerprint density at radius 1 is 1.25 bits per heavy atom. The maximum absolute atomic E-state index is 11.3. The van der Waals surface area contributed by atoms with Crippen molar-refractivity contribution in [3.63, 3.8) is 0 Å². The van der Waals surface area contributed by atoms with E-state index in [9.17, 15) is 4.21 Å². The third-order valence-corrected chi connectivity index (χ3v) is 4.30. The van der Waals surface area contributed by atoms with Crippen molar-refractivity contribution in [2.45, 2.75) is 6.42 Å². The third kappa shape index (κ3) is 1.70. The molecule has 0 amide bonds. The van der Waals surface area contributed by atoms with E-state index in [1.165, 1.54) is 13.1 Å². The maximum Gasteiger partial charge on any atom is 0.148 e. The van der Waals surface area contributed by atoms with Gasteiger partial charge < -0.3 is 0 Å². The average Bonchev–Trinajstić information content (AvgIpc) is 2.77. The van der Waals surface area contributed by atoms with Crippen molar-refractivity contribution < 1.29 is 8.80 Å². The predicted octanol–water partition coefficient (Wildman–Crippen LogP) is -0.184. The fraction of sp³-hybridized carbons (Fsp3) is 1.00. The van der Waals surface area contributed by atoms with Crippen LogP contribution in [-0.2, 0) is 10.8 Å². The number of rotatable bonds is 1. The van der Waals surface area contributed by atoms with Gasteiger partial charge >= 0.3 is 0 Å². The number of hydrogen-bond acceptors (Lipinski definition) is 2. The van der Waals surface area contributed by atoms with Crippen molar-refractivity contribution in [2.24, 2.45) is 0 Å². The van der Waals surface area contributed by atoms with Crippen LogP contribution in [0.15, 0.2) is 0 Å². The molecule has 0 aromatic carbocycles. The van der Waals surface area contributed by atoms with Gasteiger partial charge in [0.15, 0.2) is 0 Å². The molecule has 0 aliphatic carbocycles. The maximum atomic E-state index is 11.3. The van der Waals surface area contributed by atoms with Gasteiger partial charge in [-0.1, -0.05) is 0 Å². The first-order valence-corrected chi connectivity index (χ1v) is 6.14. The van der Waals surface area contributed by atoms with Crippen LogP contribution < -0.4 is 0 Å². The second-order valence-electron chi connectivity index (χ2n) is 3.94. The highest BCUT2D eigenvalue weighted by Crippen LogP contribution is 2.22. The molecule has 2 aliphatic heterocycles. The summed E-state index contributed by atoms with van der Waals surface area (Å²) in [4.78, 5) is 0. The molecule has 4 heteroatoms. The lowest BCUT2D eigenvalue weighted by atomic mass is 10.4. The second-order valence-corrected chi connectivity index (χ2v) is 5.64. The zero-order valence-corrected chi connectivity index (χ0v) is 8.48. The molecule has 0 aromatic heterocycles. The highest BCUT2D eigenvalue weighted by molar-refractivity contribution is 7.85. The summed E-state index contributed by atoms with van der Waals surface area (Å²) in [6.07, 6.45) is 1.11. The molecule has 2 rings (SSSR count). The van der Waals surface area contributed by atoms with Crippen molar-refractivity contribution in [1.29, 1.82) is 0 Å². The van der Waals surface area contributed by atoms with E-state index < -0.39 is 10.8 Å². The molecule has 1 atom stereocenters. The normalized spacial score (nSPS) is 35.9. The first-order chi connectivity index (χ1) is 5.71. The van der Waals surface area contributed by atoms with Crippen LogP contribution >= 0.6 is 0 Å². The number of hydrogen-bond donors (Lipinski definition) is 0. The van der Waals surface area contributed by atoms with Crippen molar-refractivity contribution in [2.75, 3.05) is 44.7 Å². The van der Waals surface area contributed by atoms with Crippen molar-refractivity contribution in [1.82, 2.24) is 5.01 Å². The summed E-state index contributed by atoms with van der Waals surface area (Å²) < 4.78 is 12.4. The van der Waals surface area contributed by atoms with E-state index in [4.69, 9.17) is 0 Å². The Hall–Kier alpha value is 0.0700. The van der Waals surface area contributed by atoms with Crippen molar-refractivity contribution in [3.8, 4) is 0 Å². The molecule has 2 saturated heterocycles. The molecule has 0 aromatic rings. The Bertz CT molecular complexity index is 203. The molecule has 12 heavy (non-hydrogen) atoms. The first-order valence-electron chi connectivity index (χ1n) is 4.66. The summed E-state index contributed by atoms with van der Waals surface area (Å²) in [5.41, 5.74) is 0. The lowest BCUT2D eigenvalue weighted by molar-refractivity contribution is -0.906. The lowest BCUT2D eigenvalue weighted by Crippen LogP contribution is -2.43. The molecular formula is C8H17N2OS+. The topological polar surface area (TPSA) is 20.3 Å². The van der Waals surface area contributed by atoms with Crippen molar-refractivity contribution in [3.05, 3.63) is 0 Å². The largest absolute Gasteiger partial charge is 0.260 e. The van der Waals surface area contributed by atoms with E-state index in [1.807, 2.05) is 0 Å². The molecule has 0 N–H and O–H groups in total. The smallest absolute Gasteiger partial charge is 0.148 e. The minimum absolute atomic E-state index is 0.537. The summed E-state index contributed by atoms with van der Waals surface area (Å²) in [7, 11) is 1.74. The monoisotopic (exact) mass is 189 g/mol. The first kappa shape index (κ1) is 8.66. The van der Waals surface area contributed by atoms with Crippen LogP contribution in [0, 0.1) is 0 Å². The van der Waals surface area contributed by atoms with E-state index in [0.717, 1.165) is 35.6 Å². The van der Waals surface area contributed by atoms with Crippen LogP contribution in [0.1, 0.15) is 6.42 Å². The van der Waals surface area contributed by atoms with E-state index >= 15 is 0 Å². The zero-order valence-electron chi connectivity index (χ0n) is 7.66. The van der Waals surface area contributed by atoms with Crippen LogP contribution in [0.4, 0.5) is 0 Å². The Labute approximate surface area is 76.4 Å². The van der Waals surface area contributed by atoms with E-state index in [1.54, 1.807) is 0 Å². The molecule has 1 unspecified atom stereocenters. The van der Waals surface area contributed by atoms with Crippen LogP contribution in [0.5, 0.6) is 0 Å². The zero-order chi connectivity index (χ0) is 8.60. The SMILES string of the molecule is C[N+]1(N2CCCS(=O)CC2)CC1.